The smallest absolute Gasteiger partial charge is 0.308 e. The molecule has 2 atom stereocenters. The molecule has 0 bridgehead atoms. The lowest BCUT2D eigenvalue weighted by atomic mass is 9.90. The minimum Gasteiger partial charge on any atom is -0.493 e. The summed E-state index contributed by atoms with van der Waals surface area (Å²) in [5, 5.41) is 9.20. The summed E-state index contributed by atoms with van der Waals surface area (Å²) in [7, 11) is 0. The third-order valence-corrected chi connectivity index (χ3v) is 4.20. The summed E-state index contributed by atoms with van der Waals surface area (Å²) in [6.07, 6.45) is 1.65. The summed E-state index contributed by atoms with van der Waals surface area (Å²) in [4.78, 5) is 25.2. The Morgan fingerprint density at radius 1 is 1.41 bits per heavy atom. The van der Waals surface area contributed by atoms with Crippen LogP contribution in [0.2, 0.25) is 0 Å². The number of amides is 1. The molecule has 1 N–H and O–H groups in total. The number of hydrogen-bond acceptors (Lipinski definition) is 3. The van der Waals surface area contributed by atoms with E-state index in [2.05, 4.69) is 0 Å². The van der Waals surface area contributed by atoms with Gasteiger partial charge in [-0.05, 0) is 44.4 Å². The summed E-state index contributed by atoms with van der Waals surface area (Å²) >= 11 is 0. The maximum Gasteiger partial charge on any atom is 0.308 e. The fourth-order valence-corrected chi connectivity index (χ4v) is 2.93. The fourth-order valence-electron chi connectivity index (χ4n) is 2.93. The molecule has 1 aliphatic heterocycles. The number of piperidine rings is 1. The van der Waals surface area contributed by atoms with Gasteiger partial charge in [0.05, 0.1) is 18.9 Å². The molecule has 1 aromatic carbocycles. The molecule has 1 fully saturated rings. The number of carboxylic acids is 1. The van der Waals surface area contributed by atoms with E-state index < -0.39 is 11.9 Å². The molecule has 1 heterocycles. The number of likely N-dealkylation sites (tertiary alicyclic amines) is 1. The van der Waals surface area contributed by atoms with Crippen molar-refractivity contribution in [2.75, 3.05) is 13.2 Å². The van der Waals surface area contributed by atoms with Crippen molar-refractivity contribution < 1.29 is 19.4 Å². The van der Waals surface area contributed by atoms with Gasteiger partial charge in [-0.25, -0.2) is 0 Å². The van der Waals surface area contributed by atoms with E-state index in [1.165, 1.54) is 0 Å². The molecule has 1 amide bonds. The summed E-state index contributed by atoms with van der Waals surface area (Å²) in [6, 6.07) is 7.43. The van der Waals surface area contributed by atoms with Gasteiger partial charge in [0.1, 0.15) is 5.75 Å². The molecule has 120 valence electrons. The van der Waals surface area contributed by atoms with Gasteiger partial charge >= 0.3 is 5.97 Å². The Bertz CT molecular complexity index is 543. The van der Waals surface area contributed by atoms with Crippen molar-refractivity contribution >= 4 is 11.9 Å². The number of ether oxygens (including phenoxy) is 1. The number of benzene rings is 1. The highest BCUT2D eigenvalue weighted by atomic mass is 16.5. The van der Waals surface area contributed by atoms with Gasteiger partial charge in [0, 0.05) is 12.6 Å². The van der Waals surface area contributed by atoms with E-state index in [1.807, 2.05) is 38.1 Å². The second-order valence-electron chi connectivity index (χ2n) is 5.83. The van der Waals surface area contributed by atoms with Crippen molar-refractivity contribution in [3.05, 3.63) is 29.8 Å². The van der Waals surface area contributed by atoms with Gasteiger partial charge in [0.2, 0.25) is 5.91 Å². The number of rotatable bonds is 5. The van der Waals surface area contributed by atoms with Crippen molar-refractivity contribution in [3.63, 3.8) is 0 Å². The quantitative estimate of drug-likeness (QED) is 0.907. The zero-order valence-corrected chi connectivity index (χ0v) is 13.1. The second kappa shape index (κ2) is 7.29. The highest BCUT2D eigenvalue weighted by molar-refractivity contribution is 5.78. The standard InChI is InChI=1S/C17H23NO4/c1-12-5-3-6-14(11-12)22-10-8-16(19)18-9-4-7-15(13(18)2)17(20)21/h3,5-6,11,13,15H,4,7-10H2,1-2H3,(H,20,21)/t13-,15-/m1/s1. The molecule has 0 saturated carbocycles. The Morgan fingerprint density at radius 3 is 2.86 bits per heavy atom. The molecule has 22 heavy (non-hydrogen) atoms. The van der Waals surface area contributed by atoms with Gasteiger partial charge in [-0.1, -0.05) is 12.1 Å². The van der Waals surface area contributed by atoms with E-state index in [4.69, 9.17) is 4.74 Å². The first kappa shape index (κ1) is 16.3. The van der Waals surface area contributed by atoms with E-state index in [0.717, 1.165) is 17.7 Å². The molecule has 5 heteroatoms. The molecule has 0 aromatic heterocycles. The third-order valence-electron chi connectivity index (χ3n) is 4.20. The van der Waals surface area contributed by atoms with Gasteiger partial charge in [0.15, 0.2) is 0 Å². The van der Waals surface area contributed by atoms with Crippen LogP contribution in [0.5, 0.6) is 5.75 Å². The van der Waals surface area contributed by atoms with Crippen LogP contribution in [0.3, 0.4) is 0 Å². The monoisotopic (exact) mass is 305 g/mol. The van der Waals surface area contributed by atoms with E-state index in [-0.39, 0.29) is 18.4 Å². The van der Waals surface area contributed by atoms with Crippen LogP contribution in [0.4, 0.5) is 0 Å². The minimum atomic E-state index is -0.819. The molecule has 0 radical (unpaired) electrons. The lowest BCUT2D eigenvalue weighted by Gasteiger charge is -2.37. The zero-order chi connectivity index (χ0) is 16.1. The molecule has 0 spiro atoms. The molecular weight excluding hydrogens is 282 g/mol. The van der Waals surface area contributed by atoms with Crippen LogP contribution in [0, 0.1) is 12.8 Å². The molecule has 0 unspecified atom stereocenters. The average molecular weight is 305 g/mol. The van der Waals surface area contributed by atoms with Crippen molar-refractivity contribution in [2.45, 2.75) is 39.2 Å². The molecule has 1 saturated heterocycles. The summed E-state index contributed by atoms with van der Waals surface area (Å²) in [5.41, 5.74) is 1.11. The zero-order valence-electron chi connectivity index (χ0n) is 13.1. The third kappa shape index (κ3) is 4.00. The van der Waals surface area contributed by atoms with Gasteiger partial charge < -0.3 is 14.7 Å². The first-order chi connectivity index (χ1) is 10.5. The summed E-state index contributed by atoms with van der Waals surface area (Å²) in [5.74, 6) is -0.564. The lowest BCUT2D eigenvalue weighted by Crippen LogP contribution is -2.49. The van der Waals surface area contributed by atoms with Crippen LogP contribution in [-0.4, -0.2) is 41.1 Å². The first-order valence-corrected chi connectivity index (χ1v) is 7.71. The van der Waals surface area contributed by atoms with Crippen LogP contribution in [-0.2, 0) is 9.59 Å². The van der Waals surface area contributed by atoms with E-state index in [9.17, 15) is 14.7 Å². The lowest BCUT2D eigenvalue weighted by molar-refractivity contribution is -0.149. The van der Waals surface area contributed by atoms with Crippen molar-refractivity contribution in [2.24, 2.45) is 5.92 Å². The SMILES string of the molecule is Cc1cccc(OCCC(=O)N2CCC[C@@H](C(=O)O)[C@H]2C)c1. The predicted molar refractivity (Wildman–Crippen MR) is 82.8 cm³/mol. The average Bonchev–Trinajstić information content (AvgIpc) is 2.47. The maximum atomic E-state index is 12.3. The number of carbonyl (C=O) groups is 2. The molecule has 2 rings (SSSR count). The van der Waals surface area contributed by atoms with E-state index >= 15 is 0 Å². The number of carbonyl (C=O) groups excluding carboxylic acids is 1. The van der Waals surface area contributed by atoms with Crippen molar-refractivity contribution in [1.82, 2.24) is 4.90 Å². The fraction of sp³-hybridized carbons (Fsp3) is 0.529. The van der Waals surface area contributed by atoms with Crippen molar-refractivity contribution in [1.29, 1.82) is 0 Å². The predicted octanol–water partition coefficient (Wildman–Crippen LogP) is 2.48. The molecule has 1 aliphatic rings. The van der Waals surface area contributed by atoms with Crippen LogP contribution >= 0.6 is 0 Å². The number of nitrogens with zero attached hydrogens (tertiary/aromatic N) is 1. The molecule has 0 aliphatic carbocycles. The highest BCUT2D eigenvalue weighted by Crippen LogP contribution is 2.24. The van der Waals surface area contributed by atoms with Gasteiger partial charge in [-0.2, -0.15) is 0 Å². The summed E-state index contributed by atoms with van der Waals surface area (Å²) < 4.78 is 5.59. The number of hydrogen-bond donors (Lipinski definition) is 1. The van der Waals surface area contributed by atoms with Gasteiger partial charge in [0.25, 0.3) is 0 Å². The number of aliphatic carboxylic acids is 1. The van der Waals surface area contributed by atoms with Gasteiger partial charge in [-0.3, -0.25) is 9.59 Å². The van der Waals surface area contributed by atoms with E-state index in [1.54, 1.807) is 4.90 Å². The molecular formula is C17H23NO4. The van der Waals surface area contributed by atoms with E-state index in [0.29, 0.717) is 19.6 Å². The Hall–Kier alpha value is -2.04. The van der Waals surface area contributed by atoms with Crippen LogP contribution in [0.15, 0.2) is 24.3 Å². The largest absolute Gasteiger partial charge is 0.493 e. The second-order valence-corrected chi connectivity index (χ2v) is 5.83. The Kier molecular flexibility index (Phi) is 5.41. The Morgan fingerprint density at radius 2 is 2.18 bits per heavy atom. The van der Waals surface area contributed by atoms with Gasteiger partial charge in [-0.15, -0.1) is 0 Å². The normalized spacial score (nSPS) is 21.5. The topological polar surface area (TPSA) is 66.8 Å². The molecule has 1 aromatic rings. The Balaban J connectivity index is 1.85. The number of carboxylic acid groups (broad SMARTS) is 1. The summed E-state index contributed by atoms with van der Waals surface area (Å²) in [6.45, 7) is 4.74. The first-order valence-electron chi connectivity index (χ1n) is 7.71. The molecule has 5 nitrogen and oxygen atoms in total. The van der Waals surface area contributed by atoms with Crippen LogP contribution in [0.1, 0.15) is 31.7 Å². The highest BCUT2D eigenvalue weighted by Gasteiger charge is 2.34. The van der Waals surface area contributed by atoms with Crippen LogP contribution < -0.4 is 4.74 Å². The number of aryl methyl sites for hydroxylation is 1. The van der Waals surface area contributed by atoms with Crippen LogP contribution in [0.25, 0.3) is 0 Å². The Labute approximate surface area is 130 Å². The maximum absolute atomic E-state index is 12.3. The minimum absolute atomic E-state index is 0.0360. The van der Waals surface area contributed by atoms with Crippen molar-refractivity contribution in [3.8, 4) is 5.75 Å².